The van der Waals surface area contributed by atoms with E-state index in [1.54, 1.807) is 0 Å². The number of aliphatic hydroxyl groups is 1. The van der Waals surface area contributed by atoms with Crippen molar-refractivity contribution in [3.8, 4) is 0 Å². The van der Waals surface area contributed by atoms with Crippen molar-refractivity contribution < 1.29 is 5.11 Å². The van der Waals surface area contributed by atoms with Gasteiger partial charge in [-0.2, -0.15) is 0 Å². The van der Waals surface area contributed by atoms with Crippen LogP contribution in [0.2, 0.25) is 0 Å². The summed E-state index contributed by atoms with van der Waals surface area (Å²) >= 11 is 0. The fourth-order valence-corrected chi connectivity index (χ4v) is 2.20. The maximum atomic E-state index is 10.0. The SMILES string of the molecule is CN(Cc1ccccc1)CC1(O)CCC1. The quantitative estimate of drug-likeness (QED) is 0.813. The standard InChI is InChI=1S/C13H19NO/c1-14(11-13(15)8-5-9-13)10-12-6-3-2-4-7-12/h2-4,6-7,15H,5,8-11H2,1H3. The number of benzene rings is 1. The minimum absolute atomic E-state index is 0.399. The largest absolute Gasteiger partial charge is 0.389 e. The molecule has 0 aromatic heterocycles. The highest BCUT2D eigenvalue weighted by Crippen LogP contribution is 2.32. The molecule has 0 heterocycles. The summed E-state index contributed by atoms with van der Waals surface area (Å²) in [5, 5.41) is 10.0. The van der Waals surface area contributed by atoms with Gasteiger partial charge in [0.15, 0.2) is 0 Å². The van der Waals surface area contributed by atoms with Crippen LogP contribution in [-0.4, -0.2) is 29.2 Å². The molecule has 0 unspecified atom stereocenters. The number of nitrogens with zero attached hydrogens (tertiary/aromatic N) is 1. The number of rotatable bonds is 4. The molecule has 1 fully saturated rings. The summed E-state index contributed by atoms with van der Waals surface area (Å²) in [5.41, 5.74) is 0.909. The van der Waals surface area contributed by atoms with Crippen LogP contribution in [0.25, 0.3) is 0 Å². The van der Waals surface area contributed by atoms with Crippen LogP contribution < -0.4 is 0 Å². The van der Waals surface area contributed by atoms with Crippen molar-refractivity contribution in [2.45, 2.75) is 31.4 Å². The zero-order valence-corrected chi connectivity index (χ0v) is 9.32. The van der Waals surface area contributed by atoms with Gasteiger partial charge in [-0.1, -0.05) is 30.3 Å². The van der Waals surface area contributed by atoms with Gasteiger partial charge in [0, 0.05) is 13.1 Å². The van der Waals surface area contributed by atoms with Crippen LogP contribution in [0, 0.1) is 0 Å². The Hall–Kier alpha value is -0.860. The molecule has 0 bridgehead atoms. The predicted molar refractivity (Wildman–Crippen MR) is 61.6 cm³/mol. The molecule has 0 amide bonds. The molecule has 1 aromatic rings. The first-order chi connectivity index (χ1) is 7.18. The Kier molecular flexibility index (Phi) is 3.08. The van der Waals surface area contributed by atoms with E-state index in [0.717, 1.165) is 25.9 Å². The van der Waals surface area contributed by atoms with Crippen LogP contribution in [0.3, 0.4) is 0 Å². The molecule has 82 valence electrons. The van der Waals surface area contributed by atoms with Crippen molar-refractivity contribution in [1.29, 1.82) is 0 Å². The van der Waals surface area contributed by atoms with Crippen LogP contribution >= 0.6 is 0 Å². The third kappa shape index (κ3) is 2.80. The Morgan fingerprint density at radius 2 is 1.93 bits per heavy atom. The summed E-state index contributed by atoms with van der Waals surface area (Å²) in [4.78, 5) is 2.20. The van der Waals surface area contributed by atoms with Crippen LogP contribution in [0.5, 0.6) is 0 Å². The monoisotopic (exact) mass is 205 g/mol. The summed E-state index contributed by atoms with van der Waals surface area (Å²) in [6, 6.07) is 10.4. The Labute approximate surface area is 91.5 Å². The fourth-order valence-electron chi connectivity index (χ4n) is 2.20. The van der Waals surface area contributed by atoms with Gasteiger partial charge in [0.05, 0.1) is 5.60 Å². The second-order valence-electron chi connectivity index (χ2n) is 4.74. The van der Waals surface area contributed by atoms with Crippen molar-refractivity contribution in [1.82, 2.24) is 4.90 Å². The molecule has 1 saturated carbocycles. The van der Waals surface area contributed by atoms with Crippen LogP contribution in [-0.2, 0) is 6.54 Å². The van der Waals surface area contributed by atoms with E-state index in [9.17, 15) is 5.11 Å². The van der Waals surface area contributed by atoms with E-state index < -0.39 is 5.60 Å². The van der Waals surface area contributed by atoms with Crippen molar-refractivity contribution in [3.63, 3.8) is 0 Å². The maximum Gasteiger partial charge on any atom is 0.0774 e. The lowest BCUT2D eigenvalue weighted by atomic mass is 9.80. The van der Waals surface area contributed by atoms with E-state index in [2.05, 4.69) is 36.2 Å². The summed E-state index contributed by atoms with van der Waals surface area (Å²) < 4.78 is 0. The van der Waals surface area contributed by atoms with Gasteiger partial charge in [-0.15, -0.1) is 0 Å². The summed E-state index contributed by atoms with van der Waals surface area (Å²) in [7, 11) is 2.07. The van der Waals surface area contributed by atoms with Crippen molar-refractivity contribution in [3.05, 3.63) is 35.9 Å². The first-order valence-electron chi connectivity index (χ1n) is 5.63. The maximum absolute atomic E-state index is 10.0. The van der Waals surface area contributed by atoms with Gasteiger partial charge >= 0.3 is 0 Å². The molecule has 0 saturated heterocycles. The van der Waals surface area contributed by atoms with Gasteiger partial charge < -0.3 is 5.11 Å². The summed E-state index contributed by atoms with van der Waals surface area (Å²) in [6.45, 7) is 1.71. The van der Waals surface area contributed by atoms with Crippen molar-refractivity contribution >= 4 is 0 Å². The molecular formula is C13H19NO. The van der Waals surface area contributed by atoms with Gasteiger partial charge in [0.1, 0.15) is 0 Å². The molecule has 0 aliphatic heterocycles. The van der Waals surface area contributed by atoms with Crippen LogP contribution in [0.4, 0.5) is 0 Å². The second-order valence-corrected chi connectivity index (χ2v) is 4.74. The Morgan fingerprint density at radius 1 is 1.27 bits per heavy atom. The van der Waals surface area contributed by atoms with Gasteiger partial charge in [-0.3, -0.25) is 4.90 Å². The van der Waals surface area contributed by atoms with Crippen molar-refractivity contribution in [2.24, 2.45) is 0 Å². The molecule has 2 heteroatoms. The zero-order chi connectivity index (χ0) is 10.7. The molecule has 1 aliphatic carbocycles. The third-order valence-electron chi connectivity index (χ3n) is 3.14. The zero-order valence-electron chi connectivity index (χ0n) is 9.32. The molecule has 2 nitrogen and oxygen atoms in total. The second kappa shape index (κ2) is 4.33. The third-order valence-corrected chi connectivity index (χ3v) is 3.14. The highest BCUT2D eigenvalue weighted by Gasteiger charge is 2.35. The number of hydrogen-bond acceptors (Lipinski definition) is 2. The minimum Gasteiger partial charge on any atom is -0.389 e. The van der Waals surface area contributed by atoms with E-state index in [4.69, 9.17) is 0 Å². The molecular weight excluding hydrogens is 186 g/mol. The smallest absolute Gasteiger partial charge is 0.0774 e. The highest BCUT2D eigenvalue weighted by atomic mass is 16.3. The Morgan fingerprint density at radius 3 is 2.47 bits per heavy atom. The van der Waals surface area contributed by atoms with E-state index in [-0.39, 0.29) is 0 Å². The van der Waals surface area contributed by atoms with Crippen molar-refractivity contribution in [2.75, 3.05) is 13.6 Å². The topological polar surface area (TPSA) is 23.5 Å². The Bertz CT molecular complexity index is 306. The van der Waals surface area contributed by atoms with E-state index >= 15 is 0 Å². The molecule has 1 aliphatic rings. The molecule has 0 atom stereocenters. The fraction of sp³-hybridized carbons (Fsp3) is 0.538. The van der Waals surface area contributed by atoms with E-state index in [0.29, 0.717) is 0 Å². The number of hydrogen-bond donors (Lipinski definition) is 1. The molecule has 0 radical (unpaired) electrons. The average Bonchev–Trinajstić information content (AvgIpc) is 2.16. The molecule has 15 heavy (non-hydrogen) atoms. The van der Waals surface area contributed by atoms with Gasteiger partial charge in [-0.05, 0) is 31.9 Å². The molecule has 1 aromatic carbocycles. The van der Waals surface area contributed by atoms with E-state index in [1.165, 1.54) is 12.0 Å². The highest BCUT2D eigenvalue weighted by molar-refractivity contribution is 5.14. The van der Waals surface area contributed by atoms with Crippen LogP contribution in [0.1, 0.15) is 24.8 Å². The number of likely N-dealkylation sites (N-methyl/N-ethyl adjacent to an activating group) is 1. The van der Waals surface area contributed by atoms with Gasteiger partial charge in [-0.25, -0.2) is 0 Å². The Balaban J connectivity index is 1.84. The summed E-state index contributed by atoms with van der Waals surface area (Å²) in [6.07, 6.45) is 3.11. The summed E-state index contributed by atoms with van der Waals surface area (Å²) in [5.74, 6) is 0. The first kappa shape index (κ1) is 10.7. The molecule has 0 spiro atoms. The van der Waals surface area contributed by atoms with E-state index in [1.807, 2.05) is 6.07 Å². The average molecular weight is 205 g/mol. The minimum atomic E-state index is -0.399. The lowest BCUT2D eigenvalue weighted by Crippen LogP contribution is -2.46. The first-order valence-corrected chi connectivity index (χ1v) is 5.63. The normalized spacial score (nSPS) is 18.9. The van der Waals surface area contributed by atoms with Gasteiger partial charge in [0.25, 0.3) is 0 Å². The van der Waals surface area contributed by atoms with Crippen LogP contribution in [0.15, 0.2) is 30.3 Å². The predicted octanol–water partition coefficient (Wildman–Crippen LogP) is 2.03. The lowest BCUT2D eigenvalue weighted by molar-refractivity contribution is -0.0555. The lowest BCUT2D eigenvalue weighted by Gasteiger charge is -2.39. The molecule has 1 N–H and O–H groups in total. The van der Waals surface area contributed by atoms with Gasteiger partial charge in [0.2, 0.25) is 0 Å². The molecule has 2 rings (SSSR count).